The fourth-order valence-electron chi connectivity index (χ4n) is 3.10. The molecular formula is C20H32ClIN4O3. The van der Waals surface area contributed by atoms with Crippen molar-refractivity contribution in [2.45, 2.75) is 33.1 Å². The highest BCUT2D eigenvalue weighted by molar-refractivity contribution is 14.0. The maximum absolute atomic E-state index is 12.2. The molecule has 0 aliphatic carbocycles. The Kier molecular flexibility index (Phi) is 11.9. The number of benzene rings is 1. The molecule has 0 bridgehead atoms. The molecule has 1 aliphatic rings. The lowest BCUT2D eigenvalue weighted by Gasteiger charge is -2.24. The molecule has 1 heterocycles. The normalized spacial score (nSPS) is 18.8. The number of rotatable bonds is 9. The van der Waals surface area contributed by atoms with Gasteiger partial charge in [0.05, 0.1) is 23.9 Å². The Morgan fingerprint density at radius 2 is 2.17 bits per heavy atom. The highest BCUT2D eigenvalue weighted by Crippen LogP contribution is 2.32. The summed E-state index contributed by atoms with van der Waals surface area (Å²) in [6.45, 7) is 7.15. The summed E-state index contributed by atoms with van der Waals surface area (Å²) in [7, 11) is 0. The van der Waals surface area contributed by atoms with Crippen molar-refractivity contribution >= 4 is 53.1 Å². The van der Waals surface area contributed by atoms with Gasteiger partial charge in [0.2, 0.25) is 5.91 Å². The molecular weight excluding hydrogens is 507 g/mol. The van der Waals surface area contributed by atoms with Crippen LogP contribution in [0.3, 0.4) is 0 Å². The van der Waals surface area contributed by atoms with Gasteiger partial charge in [-0.1, -0.05) is 17.7 Å². The summed E-state index contributed by atoms with van der Waals surface area (Å²) in [5, 5.41) is 19.1. The van der Waals surface area contributed by atoms with Crippen LogP contribution in [0.1, 0.15) is 31.7 Å². The van der Waals surface area contributed by atoms with Gasteiger partial charge in [-0.15, -0.1) is 24.0 Å². The molecule has 4 N–H and O–H groups in total. The Labute approximate surface area is 195 Å². The number of hydrogen-bond donors (Lipinski definition) is 4. The van der Waals surface area contributed by atoms with Crippen LogP contribution in [0.5, 0.6) is 0 Å². The number of halogens is 2. The lowest BCUT2D eigenvalue weighted by molar-refractivity contribution is -0.116. The molecule has 1 saturated heterocycles. The molecule has 1 fully saturated rings. The minimum atomic E-state index is -0.116. The highest BCUT2D eigenvalue weighted by atomic mass is 127. The zero-order valence-corrected chi connectivity index (χ0v) is 20.2. The first-order valence-electron chi connectivity index (χ1n) is 9.75. The van der Waals surface area contributed by atoms with Gasteiger partial charge in [0, 0.05) is 38.1 Å². The number of aryl methyl sites for hydroxylation is 1. The molecule has 0 saturated carbocycles. The molecule has 29 heavy (non-hydrogen) atoms. The summed E-state index contributed by atoms with van der Waals surface area (Å²) in [5.41, 5.74) is 1.56. The van der Waals surface area contributed by atoms with Gasteiger partial charge >= 0.3 is 0 Å². The van der Waals surface area contributed by atoms with Gasteiger partial charge in [-0.3, -0.25) is 9.79 Å². The third-order valence-electron chi connectivity index (χ3n) is 4.79. The maximum atomic E-state index is 12.2. The average molecular weight is 539 g/mol. The third kappa shape index (κ3) is 8.65. The molecule has 1 aromatic carbocycles. The SMILES string of the molecule is CCNC(=NCC1(CCO)CCOC1)NCCC(=O)Nc1ccc(C)cc1Cl.I. The summed E-state index contributed by atoms with van der Waals surface area (Å²) in [6.07, 6.45) is 1.87. The minimum Gasteiger partial charge on any atom is -0.396 e. The molecule has 0 spiro atoms. The van der Waals surface area contributed by atoms with Gasteiger partial charge in [0.1, 0.15) is 0 Å². The van der Waals surface area contributed by atoms with Crippen LogP contribution in [0, 0.1) is 12.3 Å². The number of nitrogens with one attached hydrogen (secondary N) is 3. The van der Waals surface area contributed by atoms with Crippen molar-refractivity contribution < 1.29 is 14.6 Å². The smallest absolute Gasteiger partial charge is 0.226 e. The van der Waals surface area contributed by atoms with E-state index < -0.39 is 0 Å². The molecule has 164 valence electrons. The first-order valence-corrected chi connectivity index (χ1v) is 10.1. The maximum Gasteiger partial charge on any atom is 0.226 e. The number of hydrogen-bond acceptors (Lipinski definition) is 4. The van der Waals surface area contributed by atoms with Crippen LogP contribution < -0.4 is 16.0 Å². The van der Waals surface area contributed by atoms with E-state index in [-0.39, 0.29) is 41.9 Å². The first-order chi connectivity index (χ1) is 13.5. The molecule has 9 heteroatoms. The average Bonchev–Trinajstić information content (AvgIpc) is 3.11. The predicted octanol–water partition coefficient (Wildman–Crippen LogP) is 2.94. The Morgan fingerprint density at radius 1 is 1.38 bits per heavy atom. The fourth-order valence-corrected chi connectivity index (χ4v) is 3.39. The van der Waals surface area contributed by atoms with Crippen molar-refractivity contribution in [3.63, 3.8) is 0 Å². The van der Waals surface area contributed by atoms with Crippen molar-refractivity contribution in [3.05, 3.63) is 28.8 Å². The molecule has 7 nitrogen and oxygen atoms in total. The Morgan fingerprint density at radius 3 is 2.79 bits per heavy atom. The van der Waals surface area contributed by atoms with Crippen LogP contribution in [-0.2, 0) is 9.53 Å². The Hall–Kier alpha value is -1.10. The van der Waals surface area contributed by atoms with Crippen molar-refractivity contribution in [2.24, 2.45) is 10.4 Å². The van der Waals surface area contributed by atoms with Gasteiger partial charge in [-0.05, 0) is 44.4 Å². The van der Waals surface area contributed by atoms with Crippen LogP contribution in [0.15, 0.2) is 23.2 Å². The number of anilines is 1. The fraction of sp³-hybridized carbons (Fsp3) is 0.600. The van der Waals surface area contributed by atoms with Crippen molar-refractivity contribution in [2.75, 3.05) is 44.8 Å². The van der Waals surface area contributed by atoms with Crippen molar-refractivity contribution in [1.82, 2.24) is 10.6 Å². The Balaban J connectivity index is 0.00000420. The number of carbonyl (C=O) groups excluding carboxylic acids is 1. The van der Waals surface area contributed by atoms with E-state index in [9.17, 15) is 9.90 Å². The molecule has 1 atom stereocenters. The second-order valence-corrected chi connectivity index (χ2v) is 7.59. The van der Waals surface area contributed by atoms with Gasteiger partial charge in [0.25, 0.3) is 0 Å². The van der Waals surface area contributed by atoms with Crippen molar-refractivity contribution in [1.29, 1.82) is 0 Å². The van der Waals surface area contributed by atoms with E-state index in [1.54, 1.807) is 6.07 Å². The van der Waals surface area contributed by atoms with E-state index in [0.29, 0.717) is 55.8 Å². The van der Waals surface area contributed by atoms with Crippen LogP contribution >= 0.6 is 35.6 Å². The summed E-state index contributed by atoms with van der Waals surface area (Å²) in [4.78, 5) is 16.8. The lowest BCUT2D eigenvalue weighted by atomic mass is 9.84. The largest absolute Gasteiger partial charge is 0.396 e. The second-order valence-electron chi connectivity index (χ2n) is 7.18. The third-order valence-corrected chi connectivity index (χ3v) is 5.10. The van der Waals surface area contributed by atoms with E-state index in [0.717, 1.165) is 18.5 Å². The quantitative estimate of drug-likeness (QED) is 0.220. The number of carbonyl (C=O) groups is 1. The van der Waals surface area contributed by atoms with E-state index in [4.69, 9.17) is 16.3 Å². The molecule has 1 unspecified atom stereocenters. The van der Waals surface area contributed by atoms with E-state index in [2.05, 4.69) is 20.9 Å². The predicted molar refractivity (Wildman–Crippen MR) is 128 cm³/mol. The van der Waals surface area contributed by atoms with E-state index in [1.807, 2.05) is 26.0 Å². The molecule has 1 aliphatic heterocycles. The topological polar surface area (TPSA) is 95.0 Å². The van der Waals surface area contributed by atoms with Crippen LogP contribution in [0.2, 0.25) is 5.02 Å². The van der Waals surface area contributed by atoms with Gasteiger partial charge < -0.3 is 25.8 Å². The van der Waals surface area contributed by atoms with E-state index >= 15 is 0 Å². The zero-order chi connectivity index (χ0) is 20.4. The number of aliphatic hydroxyl groups is 1. The lowest BCUT2D eigenvalue weighted by Crippen LogP contribution is -2.40. The summed E-state index contributed by atoms with van der Waals surface area (Å²) >= 11 is 6.15. The molecule has 2 rings (SSSR count). The second kappa shape index (κ2) is 13.3. The first kappa shape index (κ1) is 25.9. The van der Waals surface area contributed by atoms with Crippen LogP contribution in [0.4, 0.5) is 5.69 Å². The summed E-state index contributed by atoms with van der Waals surface area (Å²) in [5.74, 6) is 0.544. The van der Waals surface area contributed by atoms with Crippen LogP contribution in [-0.4, -0.2) is 56.4 Å². The van der Waals surface area contributed by atoms with Gasteiger partial charge in [-0.25, -0.2) is 0 Å². The Bertz CT molecular complexity index is 682. The number of aliphatic hydroxyl groups excluding tert-OH is 1. The standard InChI is InChI=1S/C20H31ClN4O3.HI/c1-3-22-19(24-13-20(7-10-26)8-11-28-14-20)23-9-6-18(27)25-17-5-4-15(2)12-16(17)21;/h4-5,12,26H,3,6-11,13-14H2,1-2H3,(H,25,27)(H2,22,23,24);1H. The summed E-state index contributed by atoms with van der Waals surface area (Å²) < 4.78 is 5.51. The molecule has 0 radical (unpaired) electrons. The van der Waals surface area contributed by atoms with Crippen LogP contribution in [0.25, 0.3) is 0 Å². The monoisotopic (exact) mass is 538 g/mol. The number of aliphatic imine (C=N–C) groups is 1. The number of amides is 1. The minimum absolute atomic E-state index is 0. The summed E-state index contributed by atoms with van der Waals surface area (Å²) in [6, 6.07) is 5.53. The van der Waals surface area contributed by atoms with Gasteiger partial charge in [0.15, 0.2) is 5.96 Å². The van der Waals surface area contributed by atoms with Crippen molar-refractivity contribution in [3.8, 4) is 0 Å². The number of guanidine groups is 1. The van der Waals surface area contributed by atoms with E-state index in [1.165, 1.54) is 0 Å². The number of nitrogens with zero attached hydrogens (tertiary/aromatic N) is 1. The molecule has 1 amide bonds. The molecule has 0 aromatic heterocycles. The molecule has 1 aromatic rings. The highest BCUT2D eigenvalue weighted by Gasteiger charge is 2.34. The van der Waals surface area contributed by atoms with Gasteiger partial charge in [-0.2, -0.15) is 0 Å². The number of ether oxygens (including phenoxy) is 1. The zero-order valence-electron chi connectivity index (χ0n) is 17.1.